The van der Waals surface area contributed by atoms with Crippen LogP contribution in [0.4, 0.5) is 4.79 Å². The average Bonchev–Trinajstić information content (AvgIpc) is 2.99. The third kappa shape index (κ3) is 4.38. The number of aromatic nitrogens is 1. The van der Waals surface area contributed by atoms with Crippen LogP contribution in [0.5, 0.6) is 0 Å². The molecule has 1 aromatic heterocycles. The Morgan fingerprint density at radius 1 is 1.09 bits per heavy atom. The van der Waals surface area contributed by atoms with Crippen molar-refractivity contribution in [2.75, 3.05) is 13.1 Å². The molecule has 0 aliphatic heterocycles. The summed E-state index contributed by atoms with van der Waals surface area (Å²) < 4.78 is 0. The van der Waals surface area contributed by atoms with E-state index in [1.54, 1.807) is 0 Å². The Bertz CT molecular complexity index is 687. The molecule has 1 heterocycles. The Morgan fingerprint density at radius 3 is 2.74 bits per heavy atom. The number of rotatable bonds is 6. The van der Waals surface area contributed by atoms with Crippen molar-refractivity contribution in [3.8, 4) is 0 Å². The number of carbonyl (C=O) groups excluding carboxylic acids is 1. The molecule has 1 aromatic carbocycles. The van der Waals surface area contributed by atoms with Crippen molar-refractivity contribution >= 4 is 16.9 Å². The minimum atomic E-state index is -0.0683. The summed E-state index contributed by atoms with van der Waals surface area (Å²) in [4.78, 5) is 15.1. The molecule has 4 heteroatoms. The number of hydrogen-bond acceptors (Lipinski definition) is 1. The summed E-state index contributed by atoms with van der Waals surface area (Å²) in [6.07, 6.45) is 11.2. The maximum atomic E-state index is 11.8. The van der Waals surface area contributed by atoms with Crippen LogP contribution in [0.1, 0.15) is 37.7 Å². The van der Waals surface area contributed by atoms with Crippen LogP contribution in [0.15, 0.2) is 42.1 Å². The zero-order valence-corrected chi connectivity index (χ0v) is 13.5. The van der Waals surface area contributed by atoms with Gasteiger partial charge in [0.05, 0.1) is 0 Å². The van der Waals surface area contributed by atoms with E-state index < -0.39 is 0 Å². The first-order valence-electron chi connectivity index (χ1n) is 8.57. The third-order valence-electron chi connectivity index (χ3n) is 4.47. The number of aromatic amines is 1. The summed E-state index contributed by atoms with van der Waals surface area (Å²) >= 11 is 0. The summed E-state index contributed by atoms with van der Waals surface area (Å²) in [6.45, 7) is 1.38. The highest BCUT2D eigenvalue weighted by atomic mass is 16.2. The number of H-pyrrole nitrogens is 1. The third-order valence-corrected chi connectivity index (χ3v) is 4.47. The Balaban J connectivity index is 1.37. The van der Waals surface area contributed by atoms with Crippen molar-refractivity contribution in [1.82, 2.24) is 15.6 Å². The number of amides is 2. The topological polar surface area (TPSA) is 56.9 Å². The Morgan fingerprint density at radius 2 is 1.91 bits per heavy atom. The number of nitrogens with one attached hydrogen (secondary N) is 3. The Labute approximate surface area is 137 Å². The highest BCUT2D eigenvalue weighted by Crippen LogP contribution is 2.19. The van der Waals surface area contributed by atoms with Crippen LogP contribution in [-0.2, 0) is 6.42 Å². The average molecular weight is 311 g/mol. The highest BCUT2D eigenvalue weighted by Gasteiger charge is 2.06. The molecule has 0 radical (unpaired) electrons. The number of carbonyl (C=O) groups is 1. The SMILES string of the molecule is O=C(NCCC1=CCCCC1)NCCc1c[nH]c2ccccc12. The summed E-state index contributed by atoms with van der Waals surface area (Å²) in [5.41, 5.74) is 3.89. The predicted molar refractivity (Wildman–Crippen MR) is 94.6 cm³/mol. The molecular weight excluding hydrogens is 286 g/mol. The zero-order chi connectivity index (χ0) is 15.9. The summed E-state index contributed by atoms with van der Waals surface area (Å²) in [7, 11) is 0. The van der Waals surface area contributed by atoms with Gasteiger partial charge in [0.25, 0.3) is 0 Å². The molecule has 0 spiro atoms. The smallest absolute Gasteiger partial charge is 0.314 e. The van der Waals surface area contributed by atoms with Gasteiger partial charge >= 0.3 is 6.03 Å². The van der Waals surface area contributed by atoms with Crippen LogP contribution in [0.25, 0.3) is 10.9 Å². The van der Waals surface area contributed by atoms with Crippen molar-refractivity contribution in [3.63, 3.8) is 0 Å². The van der Waals surface area contributed by atoms with E-state index in [0.717, 1.165) is 24.9 Å². The standard InChI is InChI=1S/C19H25N3O/c23-19(20-12-10-15-6-2-1-3-7-15)21-13-11-16-14-22-18-9-5-4-8-17(16)18/h4-6,8-9,14,22H,1-3,7,10-13H2,(H2,20,21,23). The molecule has 23 heavy (non-hydrogen) atoms. The van der Waals surface area contributed by atoms with E-state index in [1.165, 1.54) is 42.2 Å². The predicted octanol–water partition coefficient (Wildman–Crippen LogP) is 3.90. The van der Waals surface area contributed by atoms with Crippen LogP contribution in [-0.4, -0.2) is 24.1 Å². The fourth-order valence-corrected chi connectivity index (χ4v) is 3.18. The molecule has 1 aliphatic carbocycles. The minimum Gasteiger partial charge on any atom is -0.361 e. The van der Waals surface area contributed by atoms with Gasteiger partial charge in [-0.05, 0) is 50.2 Å². The van der Waals surface area contributed by atoms with E-state index in [-0.39, 0.29) is 6.03 Å². The lowest BCUT2D eigenvalue weighted by Gasteiger charge is -2.13. The van der Waals surface area contributed by atoms with E-state index in [2.05, 4.69) is 33.8 Å². The van der Waals surface area contributed by atoms with Crippen molar-refractivity contribution in [2.45, 2.75) is 38.5 Å². The monoisotopic (exact) mass is 311 g/mol. The number of hydrogen-bond donors (Lipinski definition) is 3. The van der Waals surface area contributed by atoms with Crippen molar-refractivity contribution in [3.05, 3.63) is 47.7 Å². The normalized spacial score (nSPS) is 14.5. The first-order chi connectivity index (χ1) is 11.3. The molecule has 3 rings (SSSR count). The maximum Gasteiger partial charge on any atom is 0.314 e. The van der Waals surface area contributed by atoms with E-state index in [0.29, 0.717) is 6.54 Å². The lowest BCUT2D eigenvalue weighted by atomic mass is 9.97. The van der Waals surface area contributed by atoms with Gasteiger partial charge in [0, 0.05) is 30.2 Å². The second-order valence-corrected chi connectivity index (χ2v) is 6.15. The van der Waals surface area contributed by atoms with Gasteiger partial charge in [0.15, 0.2) is 0 Å². The molecule has 4 nitrogen and oxygen atoms in total. The largest absolute Gasteiger partial charge is 0.361 e. The second kappa shape index (κ2) is 7.86. The van der Waals surface area contributed by atoms with E-state index in [4.69, 9.17) is 0 Å². The number of fused-ring (bicyclic) bond motifs is 1. The highest BCUT2D eigenvalue weighted by molar-refractivity contribution is 5.83. The van der Waals surface area contributed by atoms with Crippen LogP contribution in [0.3, 0.4) is 0 Å². The lowest BCUT2D eigenvalue weighted by molar-refractivity contribution is 0.241. The van der Waals surface area contributed by atoms with E-state index in [9.17, 15) is 4.79 Å². The minimum absolute atomic E-state index is 0.0683. The van der Waals surface area contributed by atoms with Gasteiger partial charge in [-0.2, -0.15) is 0 Å². The molecule has 122 valence electrons. The summed E-state index contributed by atoms with van der Waals surface area (Å²) in [6, 6.07) is 8.18. The van der Waals surface area contributed by atoms with Crippen LogP contribution in [0, 0.1) is 0 Å². The Kier molecular flexibility index (Phi) is 5.35. The molecule has 0 bridgehead atoms. The van der Waals surface area contributed by atoms with Gasteiger partial charge in [-0.3, -0.25) is 0 Å². The summed E-state index contributed by atoms with van der Waals surface area (Å²) in [5.74, 6) is 0. The number of benzene rings is 1. The lowest BCUT2D eigenvalue weighted by Crippen LogP contribution is -2.37. The van der Waals surface area contributed by atoms with Gasteiger partial charge in [-0.15, -0.1) is 0 Å². The van der Waals surface area contributed by atoms with Gasteiger partial charge in [-0.1, -0.05) is 29.8 Å². The second-order valence-electron chi connectivity index (χ2n) is 6.15. The van der Waals surface area contributed by atoms with Gasteiger partial charge < -0.3 is 15.6 Å². The fourth-order valence-electron chi connectivity index (χ4n) is 3.18. The molecule has 3 N–H and O–H groups in total. The van der Waals surface area contributed by atoms with Crippen LogP contribution < -0.4 is 10.6 Å². The van der Waals surface area contributed by atoms with Gasteiger partial charge in [0.1, 0.15) is 0 Å². The number of urea groups is 1. The molecule has 0 saturated carbocycles. The van der Waals surface area contributed by atoms with Crippen LogP contribution in [0.2, 0.25) is 0 Å². The fraction of sp³-hybridized carbons (Fsp3) is 0.421. The number of para-hydroxylation sites is 1. The molecule has 0 atom stereocenters. The molecule has 2 amide bonds. The molecule has 2 aromatic rings. The molecule has 0 fully saturated rings. The van der Waals surface area contributed by atoms with Crippen molar-refractivity contribution in [2.24, 2.45) is 0 Å². The Hall–Kier alpha value is -2.23. The molecule has 1 aliphatic rings. The molecule has 0 saturated heterocycles. The van der Waals surface area contributed by atoms with Gasteiger partial charge in [-0.25, -0.2) is 4.79 Å². The quantitative estimate of drug-likeness (QED) is 0.696. The van der Waals surface area contributed by atoms with Gasteiger partial charge in [0.2, 0.25) is 0 Å². The van der Waals surface area contributed by atoms with Crippen molar-refractivity contribution in [1.29, 1.82) is 0 Å². The first-order valence-corrected chi connectivity index (χ1v) is 8.57. The zero-order valence-electron chi connectivity index (χ0n) is 13.5. The number of allylic oxidation sites excluding steroid dienone is 1. The molecule has 0 unspecified atom stereocenters. The summed E-state index contributed by atoms with van der Waals surface area (Å²) in [5, 5.41) is 7.12. The van der Waals surface area contributed by atoms with E-state index in [1.807, 2.05) is 18.3 Å². The van der Waals surface area contributed by atoms with Crippen LogP contribution >= 0.6 is 0 Å². The van der Waals surface area contributed by atoms with E-state index >= 15 is 0 Å². The first kappa shape index (κ1) is 15.7. The molecular formula is C19H25N3O. The van der Waals surface area contributed by atoms with Crippen molar-refractivity contribution < 1.29 is 4.79 Å². The maximum absolute atomic E-state index is 11.8.